The van der Waals surface area contributed by atoms with Gasteiger partial charge in [-0.15, -0.1) is 0 Å². The molecule has 0 saturated carbocycles. The fourth-order valence-electron chi connectivity index (χ4n) is 2.33. The Labute approximate surface area is 158 Å². The third-order valence-corrected chi connectivity index (χ3v) is 3.67. The van der Waals surface area contributed by atoms with E-state index in [0.29, 0.717) is 0 Å². The van der Waals surface area contributed by atoms with E-state index in [1.165, 1.54) is 0 Å². The van der Waals surface area contributed by atoms with Gasteiger partial charge in [0.05, 0.1) is 6.61 Å². The first-order valence-electron chi connectivity index (χ1n) is 8.78. The van der Waals surface area contributed by atoms with Crippen molar-refractivity contribution in [2.24, 2.45) is 5.73 Å². The number of alkyl halides is 2. The number of alkyl carbamates (subject to hydrolysis) is 1. The number of halogens is 2. The lowest BCUT2D eigenvalue weighted by molar-refractivity contribution is -0.167. The summed E-state index contributed by atoms with van der Waals surface area (Å²) in [6.45, 7) is 8.47. The number of nitrogens with two attached hydrogens (primary N) is 1. The van der Waals surface area contributed by atoms with Gasteiger partial charge in [-0.3, -0.25) is 0 Å². The summed E-state index contributed by atoms with van der Waals surface area (Å²) in [5.41, 5.74) is 2.46. The topological polar surface area (TPSA) is 109 Å². The van der Waals surface area contributed by atoms with Crippen molar-refractivity contribution in [3.8, 4) is 0 Å². The zero-order valence-corrected chi connectivity index (χ0v) is 16.5. The van der Waals surface area contributed by atoms with Gasteiger partial charge in [0.25, 0.3) is 6.43 Å². The normalized spacial score (nSPS) is 21.6. The highest BCUT2D eigenvalue weighted by Crippen LogP contribution is 2.24. The van der Waals surface area contributed by atoms with Crippen LogP contribution in [0.15, 0.2) is 0 Å². The fraction of sp³-hybridized carbons (Fsp3) is 0.882. The maximum absolute atomic E-state index is 13.4. The first-order valence-corrected chi connectivity index (χ1v) is 8.78. The maximum Gasteiger partial charge on any atom is 0.407 e. The quantitative estimate of drug-likeness (QED) is 0.477. The van der Waals surface area contributed by atoms with Crippen LogP contribution in [0.25, 0.3) is 0 Å². The summed E-state index contributed by atoms with van der Waals surface area (Å²) in [6, 6.07) is 0. The monoisotopic (exact) mass is 396 g/mol. The summed E-state index contributed by atoms with van der Waals surface area (Å²) >= 11 is 0. The number of hydrogen-bond donors (Lipinski definition) is 2. The first kappa shape index (κ1) is 23.5. The standard InChI is InChI=1S/C17H30F2N2O6/c1-15(2,3)27-14(23)21-8-6-7-17(20,12(18)19)13(22)24-9-11-10-25-16(4,5)26-11/h11-12H,6-10,20H2,1-5H3,(H,21,23). The number of carbonyl (C=O) groups excluding carboxylic acids is 2. The molecule has 3 N–H and O–H groups in total. The number of rotatable bonds is 8. The molecule has 1 aliphatic heterocycles. The molecule has 10 heteroatoms. The Morgan fingerprint density at radius 3 is 2.44 bits per heavy atom. The number of carbonyl (C=O) groups is 2. The molecule has 0 aromatic heterocycles. The minimum atomic E-state index is -3.12. The predicted octanol–water partition coefficient (Wildman–Crippen LogP) is 1.95. The average Bonchev–Trinajstić information content (AvgIpc) is 2.86. The molecule has 1 rings (SSSR count). The van der Waals surface area contributed by atoms with Gasteiger partial charge in [-0.05, 0) is 47.5 Å². The zero-order chi connectivity index (χ0) is 20.9. The molecule has 0 bridgehead atoms. The molecule has 1 fully saturated rings. The predicted molar refractivity (Wildman–Crippen MR) is 92.3 cm³/mol. The van der Waals surface area contributed by atoms with Crippen molar-refractivity contribution in [1.29, 1.82) is 0 Å². The third kappa shape index (κ3) is 7.94. The summed E-state index contributed by atoms with van der Waals surface area (Å²) in [5.74, 6) is -2.03. The van der Waals surface area contributed by atoms with Gasteiger partial charge in [0.1, 0.15) is 18.3 Å². The SMILES string of the molecule is CC(C)(C)OC(=O)NCCCC(N)(C(=O)OCC1COC(C)(C)O1)C(F)F. The van der Waals surface area contributed by atoms with Crippen molar-refractivity contribution in [2.75, 3.05) is 19.8 Å². The lowest BCUT2D eigenvalue weighted by atomic mass is 9.95. The lowest BCUT2D eigenvalue weighted by Gasteiger charge is -2.27. The van der Waals surface area contributed by atoms with E-state index in [1.807, 2.05) is 0 Å². The van der Waals surface area contributed by atoms with Crippen LogP contribution in [-0.4, -0.2) is 61.3 Å². The number of ether oxygens (including phenoxy) is 4. The van der Waals surface area contributed by atoms with Crippen LogP contribution in [0.3, 0.4) is 0 Å². The van der Waals surface area contributed by atoms with E-state index in [2.05, 4.69) is 5.32 Å². The highest BCUT2D eigenvalue weighted by molar-refractivity contribution is 5.81. The lowest BCUT2D eigenvalue weighted by Crippen LogP contribution is -2.55. The Kier molecular flexibility index (Phi) is 7.94. The molecule has 1 heterocycles. The molecule has 0 aliphatic carbocycles. The van der Waals surface area contributed by atoms with Gasteiger partial charge in [-0.25, -0.2) is 18.4 Å². The summed E-state index contributed by atoms with van der Waals surface area (Å²) in [4.78, 5) is 23.6. The highest BCUT2D eigenvalue weighted by Gasteiger charge is 2.45. The number of esters is 1. The Hall–Kier alpha value is -1.52. The van der Waals surface area contributed by atoms with Gasteiger partial charge in [0, 0.05) is 6.54 Å². The van der Waals surface area contributed by atoms with Gasteiger partial charge >= 0.3 is 12.1 Å². The minimum absolute atomic E-state index is 0.0294. The molecule has 1 aliphatic rings. The van der Waals surface area contributed by atoms with Crippen molar-refractivity contribution in [2.45, 2.75) is 76.9 Å². The maximum atomic E-state index is 13.4. The van der Waals surface area contributed by atoms with Crippen molar-refractivity contribution >= 4 is 12.1 Å². The molecule has 0 aromatic carbocycles. The van der Waals surface area contributed by atoms with E-state index in [-0.39, 0.29) is 32.6 Å². The van der Waals surface area contributed by atoms with Crippen molar-refractivity contribution < 1.29 is 37.3 Å². The molecular formula is C17H30F2N2O6. The average molecular weight is 396 g/mol. The number of nitrogens with one attached hydrogen (secondary N) is 1. The van der Waals surface area contributed by atoms with Crippen molar-refractivity contribution in [3.05, 3.63) is 0 Å². The molecule has 0 spiro atoms. The highest BCUT2D eigenvalue weighted by atomic mass is 19.3. The van der Waals surface area contributed by atoms with Crippen LogP contribution in [0, 0.1) is 0 Å². The molecule has 0 aromatic rings. The third-order valence-electron chi connectivity index (χ3n) is 3.67. The summed E-state index contributed by atoms with van der Waals surface area (Å²) in [5, 5.41) is 2.43. The molecule has 8 nitrogen and oxygen atoms in total. The molecule has 27 heavy (non-hydrogen) atoms. The first-order chi connectivity index (χ1) is 12.3. The van der Waals surface area contributed by atoms with Crippen LogP contribution in [0.1, 0.15) is 47.5 Å². The van der Waals surface area contributed by atoms with E-state index in [9.17, 15) is 18.4 Å². The Balaban J connectivity index is 2.45. The van der Waals surface area contributed by atoms with Crippen molar-refractivity contribution in [3.63, 3.8) is 0 Å². The van der Waals surface area contributed by atoms with Gasteiger partial charge < -0.3 is 30.0 Å². The van der Waals surface area contributed by atoms with Crippen molar-refractivity contribution in [1.82, 2.24) is 5.32 Å². The van der Waals surface area contributed by atoms with Crippen LogP contribution in [0.2, 0.25) is 0 Å². The summed E-state index contributed by atoms with van der Waals surface area (Å²) < 4.78 is 47.5. The molecule has 1 saturated heterocycles. The van der Waals surface area contributed by atoms with Crippen LogP contribution >= 0.6 is 0 Å². The van der Waals surface area contributed by atoms with Gasteiger partial charge in [-0.1, -0.05) is 0 Å². The second-order valence-electron chi connectivity index (χ2n) is 7.92. The van der Waals surface area contributed by atoms with E-state index >= 15 is 0 Å². The van der Waals surface area contributed by atoms with Crippen LogP contribution in [-0.2, 0) is 23.7 Å². The molecule has 0 radical (unpaired) electrons. The summed E-state index contributed by atoms with van der Waals surface area (Å²) in [6.07, 6.45) is -4.66. The number of amides is 1. The Morgan fingerprint density at radius 2 is 1.96 bits per heavy atom. The van der Waals surface area contributed by atoms with Crippen LogP contribution in [0.5, 0.6) is 0 Å². The second kappa shape index (κ2) is 9.11. The fourth-order valence-corrected chi connectivity index (χ4v) is 2.33. The smallest absolute Gasteiger partial charge is 0.407 e. The van der Waals surface area contributed by atoms with E-state index in [1.54, 1.807) is 34.6 Å². The molecular weight excluding hydrogens is 366 g/mol. The minimum Gasteiger partial charge on any atom is -0.461 e. The Bertz CT molecular complexity index is 524. The van der Waals surface area contributed by atoms with Crippen LogP contribution < -0.4 is 11.1 Å². The van der Waals surface area contributed by atoms with E-state index < -0.39 is 41.5 Å². The van der Waals surface area contributed by atoms with Gasteiger partial charge in [0.2, 0.25) is 0 Å². The second-order valence-corrected chi connectivity index (χ2v) is 7.92. The van der Waals surface area contributed by atoms with Crippen LogP contribution in [0.4, 0.5) is 13.6 Å². The molecule has 158 valence electrons. The van der Waals surface area contributed by atoms with E-state index in [0.717, 1.165) is 0 Å². The Morgan fingerprint density at radius 1 is 1.33 bits per heavy atom. The number of hydrogen-bond acceptors (Lipinski definition) is 7. The largest absolute Gasteiger partial charge is 0.461 e. The summed E-state index contributed by atoms with van der Waals surface area (Å²) in [7, 11) is 0. The van der Waals surface area contributed by atoms with Gasteiger partial charge in [0.15, 0.2) is 11.3 Å². The zero-order valence-electron chi connectivity index (χ0n) is 16.5. The molecule has 2 atom stereocenters. The molecule has 1 amide bonds. The van der Waals surface area contributed by atoms with E-state index in [4.69, 9.17) is 24.7 Å². The molecule has 2 unspecified atom stereocenters. The van der Waals surface area contributed by atoms with Gasteiger partial charge in [-0.2, -0.15) is 0 Å².